The predicted octanol–water partition coefficient (Wildman–Crippen LogP) is -1.49. The van der Waals surface area contributed by atoms with Crippen molar-refractivity contribution in [3.63, 3.8) is 0 Å². The van der Waals surface area contributed by atoms with Crippen LogP contribution in [0.2, 0.25) is 0 Å². The number of carbonyl (C=O) groups is 2. The molecule has 0 unspecified atom stereocenters. The van der Waals surface area contributed by atoms with Crippen LogP contribution in [0, 0.1) is 0 Å². The molecule has 0 atom stereocenters. The van der Waals surface area contributed by atoms with Gasteiger partial charge in [0.1, 0.15) is 0 Å². The van der Waals surface area contributed by atoms with E-state index in [9.17, 15) is 19.8 Å². The van der Waals surface area contributed by atoms with E-state index in [2.05, 4.69) is 9.97 Å². The molecule has 95 valence electrons. The maximum absolute atomic E-state index is 10.0. The van der Waals surface area contributed by atoms with Gasteiger partial charge in [0.05, 0.1) is 23.3 Å². The number of carbonyl (C=O) groups excluding carboxylic acids is 2. The number of aromatic nitrogens is 2. The summed E-state index contributed by atoms with van der Waals surface area (Å²) in [5, 5.41) is 20.1. The summed E-state index contributed by atoms with van der Waals surface area (Å²) < 4.78 is 0. The number of hydrogen-bond donors (Lipinski definition) is 0. The van der Waals surface area contributed by atoms with E-state index >= 15 is 0 Å². The Labute approximate surface area is 122 Å². The van der Waals surface area contributed by atoms with Crippen molar-refractivity contribution in [3.05, 3.63) is 60.2 Å². The van der Waals surface area contributed by atoms with Crippen molar-refractivity contribution in [1.82, 2.24) is 9.97 Å². The van der Waals surface area contributed by atoms with E-state index in [1.165, 1.54) is 24.5 Å². The fourth-order valence-corrected chi connectivity index (χ4v) is 0.967. The van der Waals surface area contributed by atoms with Crippen molar-refractivity contribution >= 4 is 31.7 Å². The van der Waals surface area contributed by atoms with Crippen molar-refractivity contribution in [2.24, 2.45) is 0 Å². The van der Waals surface area contributed by atoms with E-state index in [4.69, 9.17) is 0 Å². The second-order valence-electron chi connectivity index (χ2n) is 3.00. The van der Waals surface area contributed by atoms with Gasteiger partial charge in [-0.05, 0) is 24.3 Å². The number of aromatic carboxylic acids is 2. The molecule has 0 aliphatic rings. The molecule has 2 rings (SSSR count). The molecule has 0 amide bonds. The molecule has 7 heteroatoms. The Morgan fingerprint density at radius 3 is 1.32 bits per heavy atom. The van der Waals surface area contributed by atoms with Gasteiger partial charge in [-0.1, -0.05) is 12.1 Å². The summed E-state index contributed by atoms with van der Waals surface area (Å²) in [7, 11) is 0. The summed E-state index contributed by atoms with van der Waals surface area (Å²) in [4.78, 5) is 27.1. The van der Waals surface area contributed by atoms with Gasteiger partial charge in [0, 0.05) is 32.2 Å². The average Bonchev–Trinajstić information content (AvgIpc) is 2.41. The Balaban J connectivity index is 0.000000324. The molecule has 0 spiro atoms. The first-order chi connectivity index (χ1) is 8.61. The Bertz CT molecular complexity index is 470. The van der Waals surface area contributed by atoms with Gasteiger partial charge in [0.2, 0.25) is 0 Å². The van der Waals surface area contributed by atoms with Crippen LogP contribution in [0.25, 0.3) is 0 Å². The van der Waals surface area contributed by atoms with E-state index < -0.39 is 11.9 Å². The van der Waals surface area contributed by atoms with Crippen molar-refractivity contribution in [2.45, 2.75) is 0 Å². The van der Waals surface area contributed by atoms with E-state index in [1.807, 2.05) is 0 Å². The number of rotatable bonds is 2. The smallest absolute Gasteiger partial charge is 0.0899 e. The summed E-state index contributed by atoms with van der Waals surface area (Å²) in [6.45, 7) is 0. The molecule has 2 heterocycles. The third-order valence-corrected chi connectivity index (χ3v) is 1.75. The van der Waals surface area contributed by atoms with Crippen LogP contribution in [0.4, 0.5) is 0 Å². The number of carboxylic acid groups (broad SMARTS) is 2. The quantitative estimate of drug-likeness (QED) is 0.625. The van der Waals surface area contributed by atoms with E-state index in [0.717, 1.165) is 0 Å². The molecule has 3 radical (unpaired) electrons. The molecule has 2 aromatic heterocycles. The second-order valence-corrected chi connectivity index (χ2v) is 3.00. The topological polar surface area (TPSA) is 106 Å². The molecule has 2 aromatic rings. The minimum absolute atomic E-state index is 0. The van der Waals surface area contributed by atoms with Gasteiger partial charge in [-0.25, -0.2) is 0 Å². The molecule has 19 heavy (non-hydrogen) atoms. The van der Waals surface area contributed by atoms with Crippen molar-refractivity contribution in [3.8, 4) is 0 Å². The van der Waals surface area contributed by atoms with Crippen LogP contribution >= 0.6 is 0 Å². The van der Waals surface area contributed by atoms with Gasteiger partial charge in [-0.3, -0.25) is 9.97 Å². The third-order valence-electron chi connectivity index (χ3n) is 1.75. The third kappa shape index (κ3) is 6.39. The minimum atomic E-state index is -1.24. The van der Waals surface area contributed by atoms with Crippen molar-refractivity contribution in [2.75, 3.05) is 0 Å². The Hall–Kier alpha value is -2.12. The summed E-state index contributed by atoms with van der Waals surface area (Å²) >= 11 is 0. The van der Waals surface area contributed by atoms with Gasteiger partial charge in [-0.15, -0.1) is 0 Å². The van der Waals surface area contributed by atoms with Crippen molar-refractivity contribution in [1.29, 1.82) is 0 Å². The zero-order valence-electron chi connectivity index (χ0n) is 9.72. The minimum Gasteiger partial charge on any atom is -0.543 e. The zero-order chi connectivity index (χ0) is 13.4. The summed E-state index contributed by atoms with van der Waals surface area (Å²) in [6.07, 6.45) is 2.82. The fourth-order valence-electron chi connectivity index (χ4n) is 0.967. The van der Waals surface area contributed by atoms with Gasteiger partial charge < -0.3 is 19.8 Å². The molecule has 0 saturated heterocycles. The zero-order valence-corrected chi connectivity index (χ0v) is 12.1. The first kappa shape index (κ1) is 16.9. The number of hydrogen-bond acceptors (Lipinski definition) is 6. The molecule has 6 nitrogen and oxygen atoms in total. The summed E-state index contributed by atoms with van der Waals surface area (Å²) in [5.41, 5.74) is -0.0602. The molecule has 0 saturated carbocycles. The summed E-state index contributed by atoms with van der Waals surface area (Å²) in [5.74, 6) is -2.48. The Morgan fingerprint density at radius 1 is 0.789 bits per heavy atom. The molecular weight excluding hydrogens is 306 g/mol. The number of pyridine rings is 2. The van der Waals surface area contributed by atoms with Crippen LogP contribution in [0.5, 0.6) is 0 Å². The first-order valence-electron chi connectivity index (χ1n) is 4.86. The van der Waals surface area contributed by atoms with Crippen LogP contribution in [0.15, 0.2) is 48.8 Å². The predicted molar refractivity (Wildman–Crippen MR) is 62.9 cm³/mol. The Morgan fingerprint density at radius 2 is 1.16 bits per heavy atom. The molecule has 0 N–H and O–H groups in total. The number of carboxylic acids is 2. The van der Waals surface area contributed by atoms with E-state index in [1.54, 1.807) is 24.3 Å². The second kappa shape index (κ2) is 8.89. The van der Waals surface area contributed by atoms with E-state index in [0.29, 0.717) is 0 Å². The van der Waals surface area contributed by atoms with Gasteiger partial charge >= 0.3 is 0 Å². The fraction of sp³-hybridized carbons (Fsp3) is 0. The largest absolute Gasteiger partial charge is 0.543 e. The van der Waals surface area contributed by atoms with Crippen LogP contribution in [0.1, 0.15) is 21.0 Å². The molecular formula is C12H8GaN2O4-2. The van der Waals surface area contributed by atoms with Crippen molar-refractivity contribution < 1.29 is 19.8 Å². The average molecular weight is 314 g/mol. The molecule has 0 aliphatic heterocycles. The van der Waals surface area contributed by atoms with Gasteiger partial charge in [0.25, 0.3) is 0 Å². The van der Waals surface area contributed by atoms with Crippen LogP contribution < -0.4 is 10.2 Å². The van der Waals surface area contributed by atoms with E-state index in [-0.39, 0.29) is 31.2 Å². The SMILES string of the molecule is O=C([O-])c1ccccn1.O=C([O-])c1ccccn1.[Ga]. The van der Waals surface area contributed by atoms with Crippen LogP contribution in [0.3, 0.4) is 0 Å². The maximum atomic E-state index is 10.0. The normalized spacial score (nSPS) is 8.42. The van der Waals surface area contributed by atoms with Gasteiger partial charge in [0.15, 0.2) is 0 Å². The maximum Gasteiger partial charge on any atom is 0.0899 e. The summed E-state index contributed by atoms with van der Waals surface area (Å²) in [6, 6.07) is 9.25. The monoisotopic (exact) mass is 313 g/mol. The number of nitrogens with zero attached hydrogens (tertiary/aromatic N) is 2. The molecule has 0 aliphatic carbocycles. The Kier molecular flexibility index (Phi) is 7.90. The van der Waals surface area contributed by atoms with Crippen LogP contribution in [-0.4, -0.2) is 41.7 Å². The molecule has 0 aromatic carbocycles. The molecule has 0 fully saturated rings. The van der Waals surface area contributed by atoms with Crippen LogP contribution in [-0.2, 0) is 0 Å². The first-order valence-corrected chi connectivity index (χ1v) is 4.86. The van der Waals surface area contributed by atoms with Gasteiger partial charge in [-0.2, -0.15) is 0 Å². The standard InChI is InChI=1S/2C6H5NO2.Ga/c2*8-6(9)5-3-1-2-4-7-5;/h2*1-4H,(H,8,9);/p-2. The molecule has 0 bridgehead atoms.